The van der Waals surface area contributed by atoms with Crippen LogP contribution in [0.15, 0.2) is 110 Å². The molecule has 1 fully saturated rings. The number of carbonyl (C=O) groups excluding carboxylic acids is 3. The second-order valence-corrected chi connectivity index (χ2v) is 21.1. The predicted octanol–water partition coefficient (Wildman–Crippen LogP) is 6.57. The Labute approximate surface area is 359 Å². The van der Waals surface area contributed by atoms with Gasteiger partial charge in [-0.05, 0) is 78.7 Å². The molecule has 318 valence electrons. The summed E-state index contributed by atoms with van der Waals surface area (Å²) in [5.74, 6) is -1.01. The number of aliphatic hydroxyl groups is 1. The quantitative estimate of drug-likeness (QED) is 0.0663. The molecule has 2 aliphatic heterocycles. The molecule has 4 aromatic carbocycles. The van der Waals surface area contributed by atoms with Gasteiger partial charge in [0.05, 0.1) is 36.9 Å². The maximum absolute atomic E-state index is 15.2. The molecule has 0 bridgehead atoms. The molecule has 0 unspecified atom stereocenters. The van der Waals surface area contributed by atoms with E-state index in [1.54, 1.807) is 15.8 Å². The largest absolute Gasteiger partial charge is 0.432 e. The highest BCUT2D eigenvalue weighted by Crippen LogP contribution is 2.60. The molecule has 7 aromatic rings. The highest BCUT2D eigenvalue weighted by atomic mass is 28.4. The number of benzene rings is 4. The first kappa shape index (κ1) is 41.0. The molecule has 3 aromatic heterocycles. The van der Waals surface area contributed by atoms with E-state index in [9.17, 15) is 19.5 Å². The zero-order chi connectivity index (χ0) is 43.2. The van der Waals surface area contributed by atoms with Gasteiger partial charge in [-0.3, -0.25) is 19.1 Å². The van der Waals surface area contributed by atoms with E-state index in [1.165, 1.54) is 0 Å². The highest BCUT2D eigenvalue weighted by molar-refractivity contribution is 6.71. The van der Waals surface area contributed by atoms with Crippen LogP contribution in [0.3, 0.4) is 0 Å². The second-order valence-electron chi connectivity index (χ2n) is 17.1. The number of rotatable bonds is 14. The monoisotopic (exact) mass is 850 g/mol. The third-order valence-electron chi connectivity index (χ3n) is 12.5. The summed E-state index contributed by atoms with van der Waals surface area (Å²) in [4.78, 5) is 62.0. The summed E-state index contributed by atoms with van der Waals surface area (Å²) in [6.07, 6.45) is 6.25. The minimum Gasteiger partial charge on any atom is -0.432 e. The van der Waals surface area contributed by atoms with Gasteiger partial charge in [0.1, 0.15) is 0 Å². The van der Waals surface area contributed by atoms with Gasteiger partial charge in [-0.2, -0.15) is 0 Å². The number of aryl methyl sites for hydroxylation is 1. The molecule has 4 atom stereocenters. The fraction of sp³-hybridized carbons (Fsp3) is 0.298. The molecule has 62 heavy (non-hydrogen) atoms. The number of aromatic nitrogens is 5. The molecule has 2 aliphatic rings. The SMILES string of the molecule is C[C@@H]1[C@@H]([Si](C)(C)O)[C@H](CCn2cc(CCO)nn2)O[C@@]12C(=O)N(Cc1ccc(NC(=O)Cc3c[nH]c4ccccc34)cc1)c1ccc(NC(=O)Cc3c[nH]c4ccccc34)cc12. The van der Waals surface area contributed by atoms with Gasteiger partial charge in [-0.25, -0.2) is 0 Å². The lowest BCUT2D eigenvalue weighted by Crippen LogP contribution is -2.46. The molecule has 6 N–H and O–H groups in total. The number of anilines is 3. The van der Waals surface area contributed by atoms with Gasteiger partial charge in [0.2, 0.25) is 11.8 Å². The van der Waals surface area contributed by atoms with E-state index in [1.807, 2.05) is 123 Å². The van der Waals surface area contributed by atoms with E-state index in [4.69, 9.17) is 4.74 Å². The number of amides is 3. The molecule has 1 saturated heterocycles. The summed E-state index contributed by atoms with van der Waals surface area (Å²) < 4.78 is 8.79. The Hall–Kier alpha value is -6.39. The minimum absolute atomic E-state index is 0.0342. The summed E-state index contributed by atoms with van der Waals surface area (Å²) in [5.41, 5.74) is 5.93. The number of aromatic amines is 2. The number of nitrogens with one attached hydrogen (secondary N) is 4. The number of hydrogen-bond donors (Lipinski definition) is 6. The van der Waals surface area contributed by atoms with Gasteiger partial charge in [-0.1, -0.05) is 60.7 Å². The van der Waals surface area contributed by atoms with E-state index in [0.717, 1.165) is 38.5 Å². The van der Waals surface area contributed by atoms with E-state index in [0.29, 0.717) is 47.7 Å². The standard InChI is InChI=1S/C47H50N8O6Si/c1-29-45(62(2,3)60)42(18-20-54-28-35(19-21-56)52-53-54)61-47(29)38-24-34(51-44(58)23-32-26-49-40-11-7-5-9-37(32)40)16-17-41(38)55(46(47)59)27-30-12-14-33(15-13-30)50-43(57)22-31-25-48-39-10-6-4-8-36(31)39/h4-17,24-26,28-29,42,45,48-49,56,60H,18-23,27H2,1-3H3,(H,50,57)(H,51,58)/t29-,42+,45-,47+/m1/s1. The Morgan fingerprint density at radius 3 is 2.11 bits per heavy atom. The average Bonchev–Trinajstić information content (AvgIpc) is 4.07. The average molecular weight is 851 g/mol. The Balaban J connectivity index is 0.991. The van der Waals surface area contributed by atoms with Crippen LogP contribution in [0.2, 0.25) is 18.6 Å². The number of carbonyl (C=O) groups is 3. The summed E-state index contributed by atoms with van der Waals surface area (Å²) in [7, 11) is -2.97. The smallest absolute Gasteiger partial charge is 0.264 e. The van der Waals surface area contributed by atoms with Crippen molar-refractivity contribution in [2.75, 3.05) is 22.1 Å². The van der Waals surface area contributed by atoms with Crippen molar-refractivity contribution in [1.82, 2.24) is 25.0 Å². The summed E-state index contributed by atoms with van der Waals surface area (Å²) >= 11 is 0. The summed E-state index contributed by atoms with van der Waals surface area (Å²) in [6.45, 7) is 6.39. The molecule has 0 saturated carbocycles. The van der Waals surface area contributed by atoms with Crippen molar-refractivity contribution < 1.29 is 29.0 Å². The number of ether oxygens (including phenoxy) is 1. The van der Waals surface area contributed by atoms with Gasteiger partial charge >= 0.3 is 0 Å². The second kappa shape index (κ2) is 16.5. The maximum atomic E-state index is 15.2. The van der Waals surface area contributed by atoms with Crippen molar-refractivity contribution in [3.63, 3.8) is 0 Å². The van der Waals surface area contributed by atoms with E-state index in [2.05, 4.69) is 30.9 Å². The first-order chi connectivity index (χ1) is 29.9. The van der Waals surface area contributed by atoms with Crippen LogP contribution in [0.25, 0.3) is 21.8 Å². The van der Waals surface area contributed by atoms with Crippen LogP contribution in [0, 0.1) is 5.92 Å². The molecular formula is C47H50N8O6Si. The normalized spacial score (nSPS) is 19.8. The van der Waals surface area contributed by atoms with Crippen molar-refractivity contribution in [3.05, 3.63) is 138 Å². The zero-order valence-corrected chi connectivity index (χ0v) is 35.9. The van der Waals surface area contributed by atoms with Gasteiger partial charge < -0.3 is 40.1 Å². The van der Waals surface area contributed by atoms with Crippen molar-refractivity contribution in [2.45, 2.75) is 76.0 Å². The van der Waals surface area contributed by atoms with Crippen LogP contribution in [0.4, 0.5) is 17.1 Å². The van der Waals surface area contributed by atoms with Crippen molar-refractivity contribution in [1.29, 1.82) is 0 Å². The third kappa shape index (κ3) is 7.72. The number of hydrogen-bond acceptors (Lipinski definition) is 8. The fourth-order valence-corrected chi connectivity index (χ4v) is 12.3. The molecular weight excluding hydrogens is 801 g/mol. The van der Waals surface area contributed by atoms with Crippen molar-refractivity contribution in [2.24, 2.45) is 5.92 Å². The molecule has 3 amide bonds. The lowest BCUT2D eigenvalue weighted by Gasteiger charge is -2.32. The molecule has 0 aliphatic carbocycles. The Bertz CT molecular complexity index is 2790. The third-order valence-corrected chi connectivity index (χ3v) is 15.0. The summed E-state index contributed by atoms with van der Waals surface area (Å²) in [5, 5.41) is 25.9. The highest BCUT2D eigenvalue weighted by Gasteiger charge is 2.66. The van der Waals surface area contributed by atoms with Gasteiger partial charge in [0, 0.05) is 88.4 Å². The Kier molecular flexibility index (Phi) is 10.9. The molecule has 14 nitrogen and oxygen atoms in total. The fourth-order valence-electron chi connectivity index (χ4n) is 9.71. The first-order valence-electron chi connectivity index (χ1n) is 21.1. The lowest BCUT2D eigenvalue weighted by atomic mass is 9.82. The molecule has 15 heteroatoms. The van der Waals surface area contributed by atoms with Gasteiger partial charge in [-0.15, -0.1) is 5.10 Å². The lowest BCUT2D eigenvalue weighted by molar-refractivity contribution is -0.146. The number of fused-ring (bicyclic) bond motifs is 4. The summed E-state index contributed by atoms with van der Waals surface area (Å²) in [6, 6.07) is 28.7. The number of aliphatic hydroxyl groups excluding tert-OH is 1. The first-order valence-corrected chi connectivity index (χ1v) is 24.1. The van der Waals surface area contributed by atoms with Crippen LogP contribution in [-0.4, -0.2) is 73.6 Å². The molecule has 5 heterocycles. The van der Waals surface area contributed by atoms with Crippen LogP contribution < -0.4 is 15.5 Å². The zero-order valence-electron chi connectivity index (χ0n) is 34.9. The minimum atomic E-state index is -2.97. The van der Waals surface area contributed by atoms with Crippen molar-refractivity contribution >= 4 is 64.9 Å². The van der Waals surface area contributed by atoms with E-state index >= 15 is 4.79 Å². The maximum Gasteiger partial charge on any atom is 0.264 e. The van der Waals surface area contributed by atoms with Gasteiger partial charge in [0.15, 0.2) is 13.9 Å². The molecule has 1 spiro atoms. The Morgan fingerprint density at radius 1 is 0.871 bits per heavy atom. The van der Waals surface area contributed by atoms with Crippen LogP contribution in [0.1, 0.15) is 41.3 Å². The van der Waals surface area contributed by atoms with E-state index in [-0.39, 0.29) is 49.3 Å². The van der Waals surface area contributed by atoms with E-state index < -0.39 is 25.9 Å². The predicted molar refractivity (Wildman–Crippen MR) is 240 cm³/mol. The van der Waals surface area contributed by atoms with Crippen LogP contribution in [0.5, 0.6) is 0 Å². The number of para-hydroxylation sites is 2. The molecule has 9 rings (SSSR count). The van der Waals surface area contributed by atoms with Gasteiger partial charge in [0.25, 0.3) is 5.91 Å². The molecule has 0 radical (unpaired) electrons. The van der Waals surface area contributed by atoms with Crippen LogP contribution in [-0.2, 0) is 57.1 Å². The topological polar surface area (TPSA) is 190 Å². The number of H-pyrrole nitrogens is 2. The van der Waals surface area contributed by atoms with Crippen LogP contribution >= 0.6 is 0 Å². The van der Waals surface area contributed by atoms with Crippen molar-refractivity contribution in [3.8, 4) is 0 Å². The number of nitrogens with zero attached hydrogens (tertiary/aromatic N) is 4. The Morgan fingerprint density at radius 2 is 1.48 bits per heavy atom.